The number of carbonyl (C=O) groups is 18. The summed E-state index contributed by atoms with van der Waals surface area (Å²) < 4.78 is 0. The summed E-state index contributed by atoms with van der Waals surface area (Å²) in [5.41, 5.74) is 66.9. The number of hydrogen-bond acceptors (Lipinski definition) is 34. The van der Waals surface area contributed by atoms with Crippen molar-refractivity contribution in [3.63, 3.8) is 0 Å². The van der Waals surface area contributed by atoms with E-state index in [1.54, 1.807) is 42.5 Å². The van der Waals surface area contributed by atoms with Crippen LogP contribution in [0.15, 0.2) is 91.0 Å². The number of quaternary nitrogens is 2. The van der Waals surface area contributed by atoms with E-state index in [0.29, 0.717) is 54.3 Å². The Labute approximate surface area is 875 Å². The Kier molecular flexibility index (Phi) is 51.7. The van der Waals surface area contributed by atoms with Gasteiger partial charge in [0.05, 0.1) is 13.1 Å². The highest BCUT2D eigenvalue weighted by Gasteiger charge is 2.47. The molecule has 4 aromatic carbocycles. The van der Waals surface area contributed by atoms with Crippen LogP contribution in [-0.4, -0.2) is 329 Å². The maximum atomic E-state index is 16.2. The number of likely N-dealkylation sites (tertiary alicyclic amines) is 1. The molecule has 0 bridgehead atoms. The lowest BCUT2D eigenvalue weighted by Crippen LogP contribution is -2.69. The second kappa shape index (κ2) is 63.3. The summed E-state index contributed by atoms with van der Waals surface area (Å²) in [4.78, 5) is 271. The van der Waals surface area contributed by atoms with Gasteiger partial charge in [0.25, 0.3) is 5.91 Å². The predicted molar refractivity (Wildman–Crippen MR) is 553 cm³/mol. The molecular formula is C95H152N32O21S2+2. The fourth-order valence-electron chi connectivity index (χ4n) is 17.8. The third-order valence-corrected chi connectivity index (χ3v) is 28.2. The van der Waals surface area contributed by atoms with Gasteiger partial charge in [-0.25, -0.2) is 9.59 Å². The van der Waals surface area contributed by atoms with Gasteiger partial charge in [-0.2, -0.15) is 0 Å². The Hall–Kier alpha value is -12.9. The molecule has 4 fully saturated rings. The number of amides is 18. The molecule has 150 heavy (non-hydrogen) atoms. The second-order valence-electron chi connectivity index (χ2n) is 37.5. The maximum Gasteiger partial charge on any atom is 0.326 e. The number of hydrogen-bond donors (Lipinski definition) is 32. The number of benzene rings is 4. The van der Waals surface area contributed by atoms with E-state index in [1.165, 1.54) is 58.3 Å². The van der Waals surface area contributed by atoms with E-state index >= 15 is 57.5 Å². The Balaban J connectivity index is 1.31. The summed E-state index contributed by atoms with van der Waals surface area (Å²) >= 11 is 0. The van der Waals surface area contributed by atoms with Gasteiger partial charge in [0.15, 0.2) is 6.04 Å². The van der Waals surface area contributed by atoms with Crippen LogP contribution in [0.5, 0.6) is 11.5 Å². The van der Waals surface area contributed by atoms with Gasteiger partial charge in [-0.15, -0.1) is 0 Å². The number of rotatable bonds is 49. The van der Waals surface area contributed by atoms with Gasteiger partial charge >= 0.3 is 12.0 Å². The third kappa shape index (κ3) is 41.1. The van der Waals surface area contributed by atoms with Crippen molar-refractivity contribution in [1.82, 2.24) is 105 Å². The SMILES string of the molecule is NC(=O)CC[C@@H]1NC(=O)[C@H](Cc2ccc(O)cc2)NC(=O)[C@@H](NC(=O)[C@H](Cc2cccc3ccccc23)NC(=O)[C@H](CCCNC(N)N)NC(=O)[C@@H]([NH3+])CCCNC(N)N)CSSC[C@@H](C(=O)N[C@@H](CCCNC(N)N)C(=O)NCC(=O)N2CCC[C@@H]2C(=O)O)NC(=O)[C@H](CCCNC(N)=O)NC(=O)[C@H](CCCNC(N)N)NC(=O)[C@H](Cc2ccc(O)cc2)NC(=O)[C@@H]2CCCN2C(=O)[C@H]2CCCN2C(=O)[C@H](CCCC[NH3+])NC1=O. The largest absolute Gasteiger partial charge is 0.508 e. The van der Waals surface area contributed by atoms with E-state index in [2.05, 4.69) is 102 Å². The first-order valence-electron chi connectivity index (χ1n) is 50.5. The van der Waals surface area contributed by atoms with Crippen molar-refractivity contribution >= 4 is 139 Å². The number of primary amides is 2. The van der Waals surface area contributed by atoms with Crippen LogP contribution in [0.1, 0.15) is 152 Å². The smallest absolute Gasteiger partial charge is 0.326 e. The van der Waals surface area contributed by atoms with Crippen molar-refractivity contribution in [2.24, 2.45) is 57.3 Å². The quantitative estimate of drug-likeness (QED) is 0.0111. The standard InChI is InChI=1S/C95H150N32O21S2/c96-37-4-3-19-65-88(144)127-45-12-25-72(127)89(145)126-44-11-24-71(126)87(143)122-67(47-53-29-33-57(129)34-30-53)83(139)117-62(22-9-41-111-94(105)106)78(134)116-63(23-10-42-112-95(107)148)80(136)123-69(85(141)115-60(20-7-39-109-92(101)102)77(133)113-49-75(131)125-43-13-26-73(125)90(146)147)50-149-150-51-70(86(142)120-66(46-52-27-31-56(128)32-28-52)82(138)118-64(81(137)119-65)35-36-74(98)130)124-84(140)68(48-55-16-5-15-54-14-1-2-17-58(54)55)121-79(135)61(21-8-40-110-93(103)104)114-76(132)59(97)18-6-38-108-91(99)100/h1-2,5,14-17,27-34,59-73,91-94,108-111,128-129H,3-4,6-13,18-26,35-51,96-97,99-106H2,(H2,98,130)(H,113,133)(H,114,132)(H,115,141)(H,116,134)(H,117,139)(H,118,138)(H,119,137)(H,120,142)(H,121,135)(H,122,143)(H,123,136)(H,124,140)(H,146,147)(H3,107,112,148)/p+2/t59-,60-,61-,62-,63-,64-,65-,66-,67-,68-,69-,70-,71-,72+,73+/m0/s1. The highest BCUT2D eigenvalue weighted by molar-refractivity contribution is 8.76. The summed E-state index contributed by atoms with van der Waals surface area (Å²) in [5, 5.41) is 78.7. The Bertz CT molecular complexity index is 5170. The van der Waals surface area contributed by atoms with Crippen molar-refractivity contribution in [3.05, 3.63) is 108 Å². The zero-order valence-corrected chi connectivity index (χ0v) is 85.8. The summed E-state index contributed by atoms with van der Waals surface area (Å²) in [7, 11) is 1.48. The minimum absolute atomic E-state index is 0.00953. The first kappa shape index (κ1) is 122. The fraction of sp³-hybridized carbons (Fsp3) is 0.579. The first-order chi connectivity index (χ1) is 71.6. The molecule has 46 N–H and O–H groups in total. The van der Waals surface area contributed by atoms with Crippen molar-refractivity contribution in [1.29, 1.82) is 0 Å². The molecule has 55 heteroatoms. The molecular weight excluding hydrogens is 1990 g/mol. The number of carbonyl (C=O) groups excluding carboxylic acids is 17. The topological polar surface area (TPSA) is 898 Å². The molecule has 4 aliphatic heterocycles. The fourth-order valence-corrected chi connectivity index (χ4v) is 20.1. The molecule has 0 aromatic heterocycles. The van der Waals surface area contributed by atoms with Gasteiger partial charge in [0, 0.05) is 69.8 Å². The van der Waals surface area contributed by atoms with Crippen LogP contribution in [-0.2, 0) is 101 Å². The van der Waals surface area contributed by atoms with Gasteiger partial charge in [-0.3, -0.25) is 98.0 Å². The lowest BCUT2D eigenvalue weighted by atomic mass is 9.97. The Morgan fingerprint density at radius 3 is 1.48 bits per heavy atom. The van der Waals surface area contributed by atoms with E-state index in [1.807, 2.05) is 0 Å². The number of urea groups is 1. The van der Waals surface area contributed by atoms with Gasteiger partial charge in [0.1, 0.15) is 121 Å². The normalized spacial score (nSPS) is 21.7. The number of phenolic OH excluding ortho intramolecular Hbond substituents is 2. The van der Waals surface area contributed by atoms with E-state index < -0.39 is 266 Å². The third-order valence-electron chi connectivity index (χ3n) is 25.8. The number of nitrogens with one attached hydrogen (secondary N) is 17. The van der Waals surface area contributed by atoms with Crippen molar-refractivity contribution in [2.45, 2.75) is 270 Å². The van der Waals surface area contributed by atoms with Crippen LogP contribution in [0, 0.1) is 0 Å². The van der Waals surface area contributed by atoms with Crippen molar-refractivity contribution < 1.29 is 113 Å². The Morgan fingerprint density at radius 2 is 0.920 bits per heavy atom. The minimum atomic E-state index is -1.93. The predicted octanol–water partition coefficient (Wildman–Crippen LogP) is -10.8. The molecule has 53 nitrogen and oxygen atoms in total. The highest BCUT2D eigenvalue weighted by atomic mass is 33.1. The van der Waals surface area contributed by atoms with Crippen LogP contribution >= 0.6 is 21.6 Å². The number of phenols is 2. The van der Waals surface area contributed by atoms with Gasteiger partial charge < -0.3 is 168 Å². The average Bonchev–Trinajstić information content (AvgIpc) is 1.65. The molecule has 4 heterocycles. The molecule has 828 valence electrons. The summed E-state index contributed by atoms with van der Waals surface area (Å²) in [6.07, 6.45) is -5.10. The van der Waals surface area contributed by atoms with E-state index in [0.717, 1.165) is 26.5 Å². The zero-order valence-electron chi connectivity index (χ0n) is 84.1. The van der Waals surface area contributed by atoms with E-state index in [-0.39, 0.29) is 172 Å². The van der Waals surface area contributed by atoms with Crippen LogP contribution in [0.4, 0.5) is 4.79 Å². The van der Waals surface area contributed by atoms with E-state index in [9.17, 15) is 44.1 Å². The number of carboxylic acid groups (broad SMARTS) is 1. The monoisotopic (exact) mass is 2140 g/mol. The summed E-state index contributed by atoms with van der Waals surface area (Å²) in [5.74, 6) is -18.3. The number of fused-ring (bicyclic) bond motifs is 3. The van der Waals surface area contributed by atoms with Crippen LogP contribution in [0.25, 0.3) is 10.8 Å². The van der Waals surface area contributed by atoms with Crippen LogP contribution in [0.3, 0.4) is 0 Å². The molecule has 0 spiro atoms. The van der Waals surface area contributed by atoms with Crippen molar-refractivity contribution in [3.8, 4) is 11.5 Å². The minimum Gasteiger partial charge on any atom is -0.508 e. The number of aliphatic carboxylic acids is 1. The number of aromatic hydroxyl groups is 2. The highest BCUT2D eigenvalue weighted by Crippen LogP contribution is 2.30. The molecule has 18 amide bonds. The number of carboxylic acids is 1. The second-order valence-corrected chi connectivity index (χ2v) is 40.0. The molecule has 0 aliphatic carbocycles. The molecule has 15 atom stereocenters. The molecule has 0 saturated carbocycles. The lowest BCUT2D eigenvalue weighted by molar-refractivity contribution is -0.405. The van der Waals surface area contributed by atoms with Crippen LogP contribution in [0.2, 0.25) is 0 Å². The molecule has 4 saturated heterocycles. The number of nitrogens with two attached hydrogens (primary N) is 10. The molecule has 0 radical (unpaired) electrons. The summed E-state index contributed by atoms with van der Waals surface area (Å²) in [6, 6.07) is -1.26. The van der Waals surface area contributed by atoms with Gasteiger partial charge in [-0.05, 0) is 200 Å². The molecule has 0 unspecified atom stereocenters. The molecule has 4 aliphatic rings. The van der Waals surface area contributed by atoms with Crippen molar-refractivity contribution in [2.75, 3.05) is 77.0 Å². The summed E-state index contributed by atoms with van der Waals surface area (Å²) in [6.45, 7) is -0.196. The number of nitrogens with zero attached hydrogens (tertiary/aromatic N) is 3. The molecule has 8 rings (SSSR count). The van der Waals surface area contributed by atoms with Crippen LogP contribution < -0.4 is 159 Å². The number of unbranched alkanes of at least 4 members (excludes halogenated alkanes) is 1. The lowest BCUT2D eigenvalue weighted by Gasteiger charge is -2.34. The maximum absolute atomic E-state index is 16.2. The zero-order chi connectivity index (χ0) is 110. The average molecular weight is 2140 g/mol. The van der Waals surface area contributed by atoms with Gasteiger partial charge in [-0.1, -0.05) is 88.3 Å². The molecule has 4 aromatic rings. The first-order valence-corrected chi connectivity index (χ1v) is 53.0. The Morgan fingerprint density at radius 1 is 0.447 bits per heavy atom. The van der Waals surface area contributed by atoms with E-state index in [4.69, 9.17) is 57.3 Å². The van der Waals surface area contributed by atoms with Gasteiger partial charge in [0.2, 0.25) is 88.6 Å².